The van der Waals surface area contributed by atoms with Crippen LogP contribution in [0.4, 0.5) is 0 Å². The zero-order valence-corrected chi connectivity index (χ0v) is 13.4. The second-order valence-electron chi connectivity index (χ2n) is 5.83. The molecule has 0 aliphatic heterocycles. The predicted molar refractivity (Wildman–Crippen MR) is 90.0 cm³/mol. The van der Waals surface area contributed by atoms with E-state index >= 15 is 0 Å². The van der Waals surface area contributed by atoms with E-state index in [-0.39, 0.29) is 6.04 Å². The van der Waals surface area contributed by atoms with E-state index in [0.717, 1.165) is 11.1 Å². The lowest BCUT2D eigenvalue weighted by Gasteiger charge is -2.29. The largest absolute Gasteiger partial charge is 0.480 e. The second kappa shape index (κ2) is 7.90. The van der Waals surface area contributed by atoms with E-state index < -0.39 is 24.0 Å². The first kappa shape index (κ1) is 17.2. The quantitative estimate of drug-likeness (QED) is 0.734. The highest BCUT2D eigenvalue weighted by atomic mass is 16.4. The standard InChI is InChI=1S/C19H23NO3/c1-13(18(21)16-11-7-4-8-12-16)17(19(22)23)20-14(2)15-9-5-3-6-10-15/h3-14,17-18,20-21H,1-2H3,(H,22,23)/t13-,14+,17+,18-/m1/s1. The van der Waals surface area contributed by atoms with Crippen molar-refractivity contribution in [2.24, 2.45) is 5.92 Å². The fraction of sp³-hybridized carbons (Fsp3) is 0.316. The molecule has 0 amide bonds. The number of nitrogens with one attached hydrogen (secondary N) is 1. The fourth-order valence-corrected chi connectivity index (χ4v) is 2.69. The molecule has 4 heteroatoms. The van der Waals surface area contributed by atoms with Gasteiger partial charge in [0.1, 0.15) is 6.04 Å². The molecule has 0 aliphatic rings. The zero-order chi connectivity index (χ0) is 16.8. The van der Waals surface area contributed by atoms with E-state index in [1.54, 1.807) is 19.1 Å². The van der Waals surface area contributed by atoms with Crippen LogP contribution in [0.5, 0.6) is 0 Å². The summed E-state index contributed by atoms with van der Waals surface area (Å²) in [5.74, 6) is -1.43. The van der Waals surface area contributed by atoms with Crippen LogP contribution in [0.3, 0.4) is 0 Å². The minimum Gasteiger partial charge on any atom is -0.480 e. The number of aliphatic carboxylic acids is 1. The Labute approximate surface area is 136 Å². The number of hydrogen-bond donors (Lipinski definition) is 3. The Bertz CT molecular complexity index is 615. The van der Waals surface area contributed by atoms with Gasteiger partial charge in [-0.1, -0.05) is 67.6 Å². The van der Waals surface area contributed by atoms with Gasteiger partial charge in [0.2, 0.25) is 0 Å². The SMILES string of the molecule is C[C@H]([C@H](N[C@@H](C)c1ccccc1)C(=O)O)[C@@H](O)c1ccccc1. The molecule has 0 saturated heterocycles. The third-order valence-electron chi connectivity index (χ3n) is 4.16. The molecule has 2 aromatic rings. The summed E-state index contributed by atoms with van der Waals surface area (Å²) < 4.78 is 0. The lowest BCUT2D eigenvalue weighted by molar-refractivity contribution is -0.142. The van der Waals surface area contributed by atoms with Gasteiger partial charge in [-0.3, -0.25) is 10.1 Å². The number of hydrogen-bond acceptors (Lipinski definition) is 3. The first-order valence-electron chi connectivity index (χ1n) is 7.77. The first-order chi connectivity index (χ1) is 11.0. The number of aliphatic hydroxyl groups is 1. The predicted octanol–water partition coefficient (Wildman–Crippen LogP) is 3.16. The molecule has 0 aliphatic carbocycles. The smallest absolute Gasteiger partial charge is 0.321 e. The number of benzene rings is 2. The minimum atomic E-state index is -0.963. The van der Waals surface area contributed by atoms with Crippen LogP contribution in [0.25, 0.3) is 0 Å². The molecule has 4 nitrogen and oxygen atoms in total. The van der Waals surface area contributed by atoms with Crippen LogP contribution in [0, 0.1) is 5.92 Å². The van der Waals surface area contributed by atoms with E-state index in [1.165, 1.54) is 0 Å². The summed E-state index contributed by atoms with van der Waals surface area (Å²) in [6.45, 7) is 3.67. The molecule has 0 radical (unpaired) electrons. The van der Waals surface area contributed by atoms with Crippen LogP contribution in [0.15, 0.2) is 60.7 Å². The number of carbonyl (C=O) groups is 1. The second-order valence-corrected chi connectivity index (χ2v) is 5.83. The molecule has 122 valence electrons. The van der Waals surface area contributed by atoms with E-state index in [0.29, 0.717) is 0 Å². The Hall–Kier alpha value is -2.17. The maximum Gasteiger partial charge on any atom is 0.321 e. The molecule has 2 aromatic carbocycles. The van der Waals surface area contributed by atoms with Crippen molar-refractivity contribution < 1.29 is 15.0 Å². The third kappa shape index (κ3) is 4.41. The summed E-state index contributed by atoms with van der Waals surface area (Å²) >= 11 is 0. The van der Waals surface area contributed by atoms with Gasteiger partial charge >= 0.3 is 5.97 Å². The molecule has 4 atom stereocenters. The van der Waals surface area contributed by atoms with Crippen LogP contribution in [-0.4, -0.2) is 22.2 Å². The van der Waals surface area contributed by atoms with Gasteiger partial charge in [0.15, 0.2) is 0 Å². The van der Waals surface area contributed by atoms with Crippen LogP contribution < -0.4 is 5.32 Å². The highest BCUT2D eigenvalue weighted by Gasteiger charge is 2.31. The summed E-state index contributed by atoms with van der Waals surface area (Å²) in [5, 5.41) is 23.2. The minimum absolute atomic E-state index is 0.122. The van der Waals surface area contributed by atoms with Gasteiger partial charge in [0.25, 0.3) is 0 Å². The lowest BCUT2D eigenvalue weighted by atomic mass is 9.90. The number of carboxylic acids is 1. The average molecular weight is 313 g/mol. The van der Waals surface area contributed by atoms with E-state index in [9.17, 15) is 15.0 Å². The van der Waals surface area contributed by atoms with Crippen LogP contribution >= 0.6 is 0 Å². The normalized spacial score (nSPS) is 16.3. The fourth-order valence-electron chi connectivity index (χ4n) is 2.69. The van der Waals surface area contributed by atoms with Crippen molar-refractivity contribution >= 4 is 5.97 Å². The Balaban J connectivity index is 2.13. The van der Waals surface area contributed by atoms with Gasteiger partial charge < -0.3 is 10.2 Å². The summed E-state index contributed by atoms with van der Waals surface area (Å²) in [4.78, 5) is 11.7. The molecule has 0 aromatic heterocycles. The van der Waals surface area contributed by atoms with Crippen molar-refractivity contribution in [3.05, 3.63) is 71.8 Å². The molecule has 2 rings (SSSR count). The van der Waals surface area contributed by atoms with E-state index in [1.807, 2.05) is 55.5 Å². The third-order valence-corrected chi connectivity index (χ3v) is 4.16. The lowest BCUT2D eigenvalue weighted by Crippen LogP contribution is -2.45. The Morgan fingerprint density at radius 3 is 1.87 bits per heavy atom. The monoisotopic (exact) mass is 313 g/mol. The van der Waals surface area contributed by atoms with Crippen molar-refractivity contribution in [2.45, 2.75) is 32.0 Å². The number of aliphatic hydroxyl groups excluding tert-OH is 1. The van der Waals surface area contributed by atoms with Gasteiger partial charge in [0, 0.05) is 12.0 Å². The molecule has 0 fully saturated rings. The van der Waals surface area contributed by atoms with Crippen LogP contribution in [0.1, 0.15) is 37.1 Å². The van der Waals surface area contributed by atoms with Gasteiger partial charge in [0.05, 0.1) is 6.10 Å². The average Bonchev–Trinajstić information content (AvgIpc) is 2.59. The Morgan fingerprint density at radius 1 is 0.913 bits per heavy atom. The van der Waals surface area contributed by atoms with E-state index in [4.69, 9.17) is 0 Å². The molecule has 0 bridgehead atoms. The maximum absolute atomic E-state index is 11.7. The van der Waals surface area contributed by atoms with Crippen LogP contribution in [0.2, 0.25) is 0 Å². The van der Waals surface area contributed by atoms with Crippen LogP contribution in [-0.2, 0) is 4.79 Å². The summed E-state index contributed by atoms with van der Waals surface area (Å²) in [7, 11) is 0. The number of rotatable bonds is 7. The molecule has 0 spiro atoms. The van der Waals surface area contributed by atoms with Gasteiger partial charge in [-0.25, -0.2) is 0 Å². The molecule has 0 heterocycles. The van der Waals surface area contributed by atoms with E-state index in [2.05, 4.69) is 5.32 Å². The highest BCUT2D eigenvalue weighted by Crippen LogP contribution is 2.26. The molecule has 3 N–H and O–H groups in total. The number of carboxylic acid groups (broad SMARTS) is 1. The Morgan fingerprint density at radius 2 is 1.39 bits per heavy atom. The van der Waals surface area contributed by atoms with Gasteiger partial charge in [-0.05, 0) is 18.1 Å². The van der Waals surface area contributed by atoms with Gasteiger partial charge in [-0.2, -0.15) is 0 Å². The Kier molecular flexibility index (Phi) is 5.90. The van der Waals surface area contributed by atoms with Crippen molar-refractivity contribution in [3.8, 4) is 0 Å². The van der Waals surface area contributed by atoms with Crippen molar-refractivity contribution in [1.82, 2.24) is 5.32 Å². The van der Waals surface area contributed by atoms with Gasteiger partial charge in [-0.15, -0.1) is 0 Å². The highest BCUT2D eigenvalue weighted by molar-refractivity contribution is 5.74. The summed E-state index contributed by atoms with van der Waals surface area (Å²) in [6.07, 6.45) is -0.840. The molecule has 23 heavy (non-hydrogen) atoms. The molecular weight excluding hydrogens is 290 g/mol. The molecule has 0 saturated carbocycles. The molecular formula is C19H23NO3. The van der Waals surface area contributed by atoms with Crippen molar-refractivity contribution in [2.75, 3.05) is 0 Å². The first-order valence-corrected chi connectivity index (χ1v) is 7.77. The maximum atomic E-state index is 11.7. The molecule has 0 unspecified atom stereocenters. The summed E-state index contributed by atoms with van der Waals surface area (Å²) in [5.41, 5.74) is 1.74. The summed E-state index contributed by atoms with van der Waals surface area (Å²) in [6, 6.07) is 17.9. The van der Waals surface area contributed by atoms with Crippen molar-refractivity contribution in [1.29, 1.82) is 0 Å². The zero-order valence-electron chi connectivity index (χ0n) is 13.4. The van der Waals surface area contributed by atoms with Crippen molar-refractivity contribution in [3.63, 3.8) is 0 Å². The topological polar surface area (TPSA) is 69.6 Å².